The maximum Gasteiger partial charge on any atom is 0.254 e. The summed E-state index contributed by atoms with van der Waals surface area (Å²) in [4.78, 5) is 13.9. The number of rotatable bonds is 5. The highest BCUT2D eigenvalue weighted by molar-refractivity contribution is 5.94. The van der Waals surface area contributed by atoms with Crippen molar-refractivity contribution in [2.75, 3.05) is 13.1 Å². The minimum Gasteiger partial charge on any atom is -0.335 e. The predicted octanol–water partition coefficient (Wildman–Crippen LogP) is 2.60. The third-order valence-corrected chi connectivity index (χ3v) is 2.39. The van der Waals surface area contributed by atoms with E-state index in [1.807, 2.05) is 13.0 Å². The van der Waals surface area contributed by atoms with Gasteiger partial charge in [0.05, 0.1) is 11.6 Å². The van der Waals surface area contributed by atoms with E-state index in [9.17, 15) is 4.79 Å². The standard InChI is InChI=1S/C14H16N2O/c1-3-9-16(10-4-2)14(17)13-7-5-12(11-15)6-8-13/h3,5-8H,1,4,9-10H2,2H3. The van der Waals surface area contributed by atoms with E-state index in [0.29, 0.717) is 24.2 Å². The Bertz CT molecular complexity index is 429. The molecule has 1 rings (SSSR count). The summed E-state index contributed by atoms with van der Waals surface area (Å²) in [6, 6.07) is 8.72. The van der Waals surface area contributed by atoms with E-state index >= 15 is 0 Å². The summed E-state index contributed by atoms with van der Waals surface area (Å²) in [7, 11) is 0. The van der Waals surface area contributed by atoms with Gasteiger partial charge in [0.2, 0.25) is 0 Å². The molecule has 0 fully saturated rings. The van der Waals surface area contributed by atoms with Gasteiger partial charge in [0.25, 0.3) is 5.91 Å². The molecule has 17 heavy (non-hydrogen) atoms. The van der Waals surface area contributed by atoms with E-state index in [0.717, 1.165) is 6.42 Å². The van der Waals surface area contributed by atoms with Crippen LogP contribution in [-0.4, -0.2) is 23.9 Å². The molecule has 0 spiro atoms. The highest BCUT2D eigenvalue weighted by Gasteiger charge is 2.13. The summed E-state index contributed by atoms with van der Waals surface area (Å²) in [5.74, 6) is -0.0174. The van der Waals surface area contributed by atoms with Crippen molar-refractivity contribution in [3.63, 3.8) is 0 Å². The van der Waals surface area contributed by atoms with Crippen molar-refractivity contribution < 1.29 is 4.79 Å². The van der Waals surface area contributed by atoms with Crippen LogP contribution in [0.1, 0.15) is 29.3 Å². The van der Waals surface area contributed by atoms with Crippen LogP contribution >= 0.6 is 0 Å². The van der Waals surface area contributed by atoms with Gasteiger partial charge in [-0.05, 0) is 30.7 Å². The third-order valence-electron chi connectivity index (χ3n) is 2.39. The van der Waals surface area contributed by atoms with Crippen LogP contribution in [0.4, 0.5) is 0 Å². The minimum absolute atomic E-state index is 0.0174. The van der Waals surface area contributed by atoms with E-state index in [1.54, 1.807) is 35.2 Å². The number of nitriles is 1. The number of nitrogens with zero attached hydrogens (tertiary/aromatic N) is 2. The zero-order chi connectivity index (χ0) is 12.7. The van der Waals surface area contributed by atoms with Crippen LogP contribution in [-0.2, 0) is 0 Å². The summed E-state index contributed by atoms with van der Waals surface area (Å²) in [6.07, 6.45) is 2.63. The van der Waals surface area contributed by atoms with E-state index in [-0.39, 0.29) is 5.91 Å². The van der Waals surface area contributed by atoms with E-state index in [2.05, 4.69) is 6.58 Å². The Labute approximate surface area is 102 Å². The van der Waals surface area contributed by atoms with Gasteiger partial charge in [-0.25, -0.2) is 0 Å². The molecule has 0 bridgehead atoms. The van der Waals surface area contributed by atoms with Crippen molar-refractivity contribution in [1.29, 1.82) is 5.26 Å². The maximum absolute atomic E-state index is 12.1. The molecule has 0 aromatic heterocycles. The monoisotopic (exact) mass is 228 g/mol. The molecule has 0 atom stereocenters. The molecular formula is C14H16N2O. The number of benzene rings is 1. The summed E-state index contributed by atoms with van der Waals surface area (Å²) >= 11 is 0. The average molecular weight is 228 g/mol. The molecule has 88 valence electrons. The molecule has 0 aliphatic heterocycles. The van der Waals surface area contributed by atoms with Crippen molar-refractivity contribution >= 4 is 5.91 Å². The molecular weight excluding hydrogens is 212 g/mol. The predicted molar refractivity (Wildman–Crippen MR) is 67.5 cm³/mol. The number of hydrogen-bond donors (Lipinski definition) is 0. The van der Waals surface area contributed by atoms with Crippen molar-refractivity contribution in [3.05, 3.63) is 48.0 Å². The molecule has 0 saturated carbocycles. The fourth-order valence-corrected chi connectivity index (χ4v) is 1.57. The lowest BCUT2D eigenvalue weighted by Crippen LogP contribution is -2.31. The molecule has 1 amide bonds. The van der Waals surface area contributed by atoms with Crippen molar-refractivity contribution in [1.82, 2.24) is 4.90 Å². The first-order valence-corrected chi connectivity index (χ1v) is 5.63. The summed E-state index contributed by atoms with van der Waals surface area (Å²) in [5, 5.41) is 8.69. The van der Waals surface area contributed by atoms with Gasteiger partial charge in [0.1, 0.15) is 0 Å². The van der Waals surface area contributed by atoms with Crippen LogP contribution < -0.4 is 0 Å². The van der Waals surface area contributed by atoms with Crippen LogP contribution in [0.15, 0.2) is 36.9 Å². The zero-order valence-corrected chi connectivity index (χ0v) is 10.0. The van der Waals surface area contributed by atoms with Gasteiger partial charge in [0.15, 0.2) is 0 Å². The molecule has 1 aromatic rings. The second-order valence-electron chi connectivity index (χ2n) is 3.73. The Kier molecular flexibility index (Phi) is 4.96. The van der Waals surface area contributed by atoms with Gasteiger partial charge < -0.3 is 4.90 Å². The summed E-state index contributed by atoms with van der Waals surface area (Å²) in [6.45, 7) is 6.94. The first-order chi connectivity index (χ1) is 8.22. The molecule has 0 heterocycles. The topological polar surface area (TPSA) is 44.1 Å². The lowest BCUT2D eigenvalue weighted by atomic mass is 10.1. The van der Waals surface area contributed by atoms with Crippen LogP contribution in [0.5, 0.6) is 0 Å². The van der Waals surface area contributed by atoms with E-state index in [4.69, 9.17) is 5.26 Å². The van der Waals surface area contributed by atoms with Crippen LogP contribution in [0, 0.1) is 11.3 Å². The van der Waals surface area contributed by atoms with Crippen molar-refractivity contribution in [2.45, 2.75) is 13.3 Å². The van der Waals surface area contributed by atoms with E-state index in [1.165, 1.54) is 0 Å². The summed E-state index contributed by atoms with van der Waals surface area (Å²) < 4.78 is 0. The summed E-state index contributed by atoms with van der Waals surface area (Å²) in [5.41, 5.74) is 1.17. The van der Waals surface area contributed by atoms with Gasteiger partial charge in [0, 0.05) is 18.7 Å². The lowest BCUT2D eigenvalue weighted by molar-refractivity contribution is 0.0774. The molecule has 0 aliphatic carbocycles. The highest BCUT2D eigenvalue weighted by Crippen LogP contribution is 2.08. The van der Waals surface area contributed by atoms with Gasteiger partial charge in [-0.1, -0.05) is 13.0 Å². The van der Waals surface area contributed by atoms with Gasteiger partial charge >= 0.3 is 0 Å². The largest absolute Gasteiger partial charge is 0.335 e. The Morgan fingerprint density at radius 2 is 2.12 bits per heavy atom. The second kappa shape index (κ2) is 6.49. The van der Waals surface area contributed by atoms with Crippen molar-refractivity contribution in [2.24, 2.45) is 0 Å². The quantitative estimate of drug-likeness (QED) is 0.727. The van der Waals surface area contributed by atoms with Crippen molar-refractivity contribution in [3.8, 4) is 6.07 Å². The molecule has 3 heteroatoms. The highest BCUT2D eigenvalue weighted by atomic mass is 16.2. The number of carbonyl (C=O) groups is 1. The Morgan fingerprint density at radius 3 is 2.59 bits per heavy atom. The Balaban J connectivity index is 2.85. The molecule has 3 nitrogen and oxygen atoms in total. The molecule has 0 saturated heterocycles. The van der Waals surface area contributed by atoms with E-state index < -0.39 is 0 Å². The maximum atomic E-state index is 12.1. The molecule has 1 aromatic carbocycles. The number of hydrogen-bond acceptors (Lipinski definition) is 2. The fraction of sp³-hybridized carbons (Fsp3) is 0.286. The lowest BCUT2D eigenvalue weighted by Gasteiger charge is -2.20. The van der Waals surface area contributed by atoms with Gasteiger partial charge in [-0.2, -0.15) is 5.26 Å². The zero-order valence-electron chi connectivity index (χ0n) is 10.0. The first-order valence-electron chi connectivity index (χ1n) is 5.63. The molecule has 0 aliphatic rings. The number of carbonyl (C=O) groups excluding carboxylic acids is 1. The molecule has 0 radical (unpaired) electrons. The number of amides is 1. The Hall–Kier alpha value is -2.08. The van der Waals surface area contributed by atoms with Crippen LogP contribution in [0.3, 0.4) is 0 Å². The third kappa shape index (κ3) is 3.46. The Morgan fingerprint density at radius 1 is 1.47 bits per heavy atom. The second-order valence-corrected chi connectivity index (χ2v) is 3.73. The normalized spacial score (nSPS) is 9.41. The SMILES string of the molecule is C=CCN(CCC)C(=O)c1ccc(C#N)cc1. The van der Waals surface area contributed by atoms with Gasteiger partial charge in [-0.3, -0.25) is 4.79 Å². The minimum atomic E-state index is -0.0174. The first kappa shape index (κ1) is 13.0. The fourth-order valence-electron chi connectivity index (χ4n) is 1.57. The van der Waals surface area contributed by atoms with Crippen LogP contribution in [0.2, 0.25) is 0 Å². The molecule has 0 N–H and O–H groups in total. The van der Waals surface area contributed by atoms with Crippen LogP contribution in [0.25, 0.3) is 0 Å². The average Bonchev–Trinajstić information content (AvgIpc) is 2.38. The van der Waals surface area contributed by atoms with Gasteiger partial charge in [-0.15, -0.1) is 6.58 Å². The molecule has 0 unspecified atom stereocenters. The smallest absolute Gasteiger partial charge is 0.254 e.